The summed E-state index contributed by atoms with van der Waals surface area (Å²) in [4.78, 5) is 15.2. The number of anilines is 1. The number of nitrogens with two attached hydrogens (primary N) is 1. The predicted molar refractivity (Wildman–Crippen MR) is 64.2 cm³/mol. The lowest BCUT2D eigenvalue weighted by Crippen LogP contribution is -2.12. The van der Waals surface area contributed by atoms with Crippen LogP contribution in [0.4, 0.5) is 5.69 Å². The van der Waals surface area contributed by atoms with E-state index in [1.54, 1.807) is 22.7 Å². The summed E-state index contributed by atoms with van der Waals surface area (Å²) in [5, 5.41) is 12.1. The lowest BCUT2D eigenvalue weighted by molar-refractivity contribution is 0.0693. The number of carbonyl (C=O) groups is 1. The number of hydrogen-bond donors (Lipinski definition) is 3. The lowest BCUT2D eigenvalue weighted by atomic mass is 10.3. The highest BCUT2D eigenvalue weighted by molar-refractivity contribution is 5.94. The Morgan fingerprint density at radius 3 is 3.06 bits per heavy atom. The van der Waals surface area contributed by atoms with Gasteiger partial charge in [0, 0.05) is 24.8 Å². The number of likely N-dealkylation sites (N-methyl/N-ethyl adjacent to an activating group) is 1. The number of pyridine rings is 1. The van der Waals surface area contributed by atoms with Crippen LogP contribution in [-0.2, 0) is 6.42 Å². The molecule has 6 heteroatoms. The van der Waals surface area contributed by atoms with Gasteiger partial charge in [-0.05, 0) is 19.2 Å². The van der Waals surface area contributed by atoms with Crippen molar-refractivity contribution in [2.45, 2.75) is 6.42 Å². The summed E-state index contributed by atoms with van der Waals surface area (Å²) in [5.74, 6) is -0.324. The quantitative estimate of drug-likeness (QED) is 0.711. The van der Waals surface area contributed by atoms with Gasteiger partial charge in [-0.2, -0.15) is 0 Å². The smallest absolute Gasteiger partial charge is 0.356 e. The molecule has 2 aromatic rings. The summed E-state index contributed by atoms with van der Waals surface area (Å²) >= 11 is 0. The first-order chi connectivity index (χ1) is 8.13. The summed E-state index contributed by atoms with van der Waals surface area (Å²) in [7, 11) is 1.84. The molecule has 0 spiro atoms. The fourth-order valence-electron chi connectivity index (χ4n) is 1.73. The van der Waals surface area contributed by atoms with Crippen molar-refractivity contribution in [2.75, 3.05) is 19.3 Å². The van der Waals surface area contributed by atoms with Crippen molar-refractivity contribution in [3.8, 4) is 0 Å². The molecule has 0 atom stereocenters. The molecule has 0 unspecified atom stereocenters. The van der Waals surface area contributed by atoms with Crippen molar-refractivity contribution in [3.05, 3.63) is 29.8 Å². The summed E-state index contributed by atoms with van der Waals surface area (Å²) in [5.41, 5.74) is 6.76. The van der Waals surface area contributed by atoms with E-state index >= 15 is 0 Å². The molecule has 0 aliphatic carbocycles. The number of nitrogens with one attached hydrogen (secondary N) is 1. The number of aromatic nitrogens is 2. The van der Waals surface area contributed by atoms with Gasteiger partial charge in [0.2, 0.25) is 0 Å². The minimum Gasteiger partial charge on any atom is -0.476 e. The fourth-order valence-corrected chi connectivity index (χ4v) is 1.73. The Bertz CT molecular complexity index is 562. The zero-order valence-electron chi connectivity index (χ0n) is 9.47. The maximum absolute atomic E-state index is 11.1. The molecule has 2 aromatic heterocycles. The lowest BCUT2D eigenvalue weighted by Gasteiger charge is -2.01. The van der Waals surface area contributed by atoms with Crippen molar-refractivity contribution in [3.63, 3.8) is 0 Å². The zero-order valence-corrected chi connectivity index (χ0v) is 9.47. The molecule has 17 heavy (non-hydrogen) atoms. The molecular formula is C11H14N4O2. The normalized spacial score (nSPS) is 10.9. The Kier molecular flexibility index (Phi) is 2.97. The van der Waals surface area contributed by atoms with E-state index in [4.69, 9.17) is 10.8 Å². The second-order valence-electron chi connectivity index (χ2n) is 3.75. The third-order valence-corrected chi connectivity index (χ3v) is 2.54. The summed E-state index contributed by atoms with van der Waals surface area (Å²) in [6.07, 6.45) is 2.41. The Labute approximate surface area is 98.1 Å². The van der Waals surface area contributed by atoms with Gasteiger partial charge in [0.15, 0.2) is 5.69 Å². The first kappa shape index (κ1) is 11.4. The number of imidazole rings is 1. The molecule has 90 valence electrons. The highest BCUT2D eigenvalue weighted by atomic mass is 16.4. The zero-order chi connectivity index (χ0) is 12.4. The van der Waals surface area contributed by atoms with Gasteiger partial charge in [-0.25, -0.2) is 9.78 Å². The van der Waals surface area contributed by atoms with Crippen molar-refractivity contribution in [1.82, 2.24) is 14.7 Å². The molecule has 0 aliphatic rings. The maximum atomic E-state index is 11.1. The van der Waals surface area contributed by atoms with Gasteiger partial charge in [-0.1, -0.05) is 0 Å². The first-order valence-electron chi connectivity index (χ1n) is 5.28. The van der Waals surface area contributed by atoms with E-state index in [0.29, 0.717) is 23.4 Å². The van der Waals surface area contributed by atoms with Crippen LogP contribution in [0.25, 0.3) is 5.52 Å². The van der Waals surface area contributed by atoms with Crippen LogP contribution in [0.5, 0.6) is 0 Å². The van der Waals surface area contributed by atoms with Crippen molar-refractivity contribution < 1.29 is 9.90 Å². The highest BCUT2D eigenvalue weighted by Gasteiger charge is 2.16. The molecule has 4 N–H and O–H groups in total. The molecule has 6 nitrogen and oxygen atoms in total. The summed E-state index contributed by atoms with van der Waals surface area (Å²) in [6, 6.07) is 3.35. The summed E-state index contributed by atoms with van der Waals surface area (Å²) in [6.45, 7) is 0.739. The van der Waals surface area contributed by atoms with Gasteiger partial charge in [0.1, 0.15) is 5.82 Å². The average molecular weight is 234 g/mol. The Morgan fingerprint density at radius 1 is 1.65 bits per heavy atom. The number of carboxylic acids is 1. The molecule has 2 heterocycles. The molecule has 0 fully saturated rings. The van der Waals surface area contributed by atoms with Crippen LogP contribution in [0.15, 0.2) is 18.3 Å². The number of aromatic carboxylic acids is 1. The SMILES string of the molecule is CNCCc1nc(C(=O)O)c2cc(N)ccn12. The van der Waals surface area contributed by atoms with Crippen LogP contribution < -0.4 is 11.1 Å². The van der Waals surface area contributed by atoms with Crippen LogP contribution in [0.3, 0.4) is 0 Å². The molecule has 0 radical (unpaired) electrons. The van der Waals surface area contributed by atoms with Gasteiger partial charge in [0.05, 0.1) is 5.52 Å². The van der Waals surface area contributed by atoms with E-state index < -0.39 is 5.97 Å². The fraction of sp³-hybridized carbons (Fsp3) is 0.273. The first-order valence-corrected chi connectivity index (χ1v) is 5.28. The Hall–Kier alpha value is -2.08. The second-order valence-corrected chi connectivity index (χ2v) is 3.75. The Morgan fingerprint density at radius 2 is 2.41 bits per heavy atom. The Balaban J connectivity index is 2.58. The van der Waals surface area contributed by atoms with Gasteiger partial charge < -0.3 is 20.6 Å². The predicted octanol–water partition coefficient (Wildman–Crippen LogP) is 0.377. The van der Waals surface area contributed by atoms with Crippen LogP contribution in [0.2, 0.25) is 0 Å². The number of rotatable bonds is 4. The average Bonchev–Trinajstić information content (AvgIpc) is 2.64. The molecule has 2 rings (SSSR count). The minimum absolute atomic E-state index is 0.0448. The monoisotopic (exact) mass is 234 g/mol. The van der Waals surface area contributed by atoms with E-state index in [9.17, 15) is 4.79 Å². The van der Waals surface area contributed by atoms with Crippen LogP contribution in [0, 0.1) is 0 Å². The number of nitrogens with zero attached hydrogens (tertiary/aromatic N) is 2. The van der Waals surface area contributed by atoms with Gasteiger partial charge in [-0.3, -0.25) is 0 Å². The minimum atomic E-state index is -1.04. The molecular weight excluding hydrogens is 220 g/mol. The van der Waals surface area contributed by atoms with Gasteiger partial charge in [-0.15, -0.1) is 0 Å². The number of nitrogen functional groups attached to an aromatic ring is 1. The molecule has 0 aliphatic heterocycles. The van der Waals surface area contributed by atoms with Crippen LogP contribution in [0.1, 0.15) is 16.3 Å². The van der Waals surface area contributed by atoms with E-state index in [1.165, 1.54) is 0 Å². The van der Waals surface area contributed by atoms with Gasteiger partial charge in [0.25, 0.3) is 0 Å². The topological polar surface area (TPSA) is 92.6 Å². The van der Waals surface area contributed by atoms with E-state index in [0.717, 1.165) is 6.54 Å². The van der Waals surface area contributed by atoms with Crippen LogP contribution in [-0.4, -0.2) is 34.1 Å². The molecule has 0 amide bonds. The van der Waals surface area contributed by atoms with E-state index in [1.807, 2.05) is 7.05 Å². The summed E-state index contributed by atoms with van der Waals surface area (Å²) < 4.78 is 1.76. The highest BCUT2D eigenvalue weighted by Crippen LogP contribution is 2.16. The van der Waals surface area contributed by atoms with E-state index in [2.05, 4.69) is 10.3 Å². The molecule has 0 saturated carbocycles. The third-order valence-electron chi connectivity index (χ3n) is 2.54. The van der Waals surface area contributed by atoms with Crippen molar-refractivity contribution in [2.24, 2.45) is 0 Å². The van der Waals surface area contributed by atoms with Crippen molar-refractivity contribution in [1.29, 1.82) is 0 Å². The molecule has 0 bridgehead atoms. The number of carboxylic acid groups (broad SMARTS) is 1. The van der Waals surface area contributed by atoms with Gasteiger partial charge >= 0.3 is 5.97 Å². The number of fused-ring (bicyclic) bond motifs is 1. The third kappa shape index (κ3) is 2.07. The maximum Gasteiger partial charge on any atom is 0.356 e. The number of hydrogen-bond acceptors (Lipinski definition) is 4. The van der Waals surface area contributed by atoms with Crippen LogP contribution >= 0.6 is 0 Å². The van der Waals surface area contributed by atoms with E-state index in [-0.39, 0.29) is 5.69 Å². The van der Waals surface area contributed by atoms with Crippen molar-refractivity contribution >= 4 is 17.2 Å². The largest absolute Gasteiger partial charge is 0.476 e. The second kappa shape index (κ2) is 4.42. The standard InChI is InChI=1S/C11H14N4O2/c1-13-4-2-9-14-10(11(16)17)8-6-7(12)3-5-15(8)9/h3,5-6,13H,2,4,12H2,1H3,(H,16,17). The molecule has 0 aromatic carbocycles. The molecule has 0 saturated heterocycles.